The van der Waals surface area contributed by atoms with Gasteiger partial charge in [-0.05, 0) is 12.6 Å². The normalized spacial score (nSPS) is 7.50. The quantitative estimate of drug-likeness (QED) is 0.275. The minimum absolute atomic E-state index is 1.11. The number of nitro groups is 1. The number of thiol groups is 1. The Morgan fingerprint density at radius 1 is 1.83 bits per heavy atom. The molecule has 0 aliphatic carbocycles. The van der Waals surface area contributed by atoms with Crippen LogP contribution < -0.4 is 0 Å². The van der Waals surface area contributed by atoms with Gasteiger partial charge in [0.05, 0.1) is 0 Å². The third kappa shape index (κ3) is 1.71. The fraction of sp³-hybridized carbons (Fsp3) is 0. The summed E-state index contributed by atoms with van der Waals surface area (Å²) in [6.45, 7) is 0. The second kappa shape index (κ2) is 1.76. The van der Waals surface area contributed by atoms with Crippen LogP contribution in [0.25, 0.3) is 0 Å². The van der Waals surface area contributed by atoms with Crippen LogP contribution in [0.2, 0.25) is 0 Å². The second-order valence-electron chi connectivity index (χ2n) is 0.540. The maximum absolute atomic E-state index is 9.31. The molecular formula is CHNO3S. The Balaban J connectivity index is 3.57. The molecule has 0 spiro atoms. The molecule has 0 aromatic carbocycles. The van der Waals surface area contributed by atoms with Crippen molar-refractivity contribution in [2.75, 3.05) is 0 Å². The van der Waals surface area contributed by atoms with E-state index in [0.717, 1.165) is 0 Å². The molecule has 0 saturated carbocycles. The highest BCUT2D eigenvalue weighted by molar-refractivity contribution is 7.96. The first-order valence-corrected chi connectivity index (χ1v) is 1.46. The molecule has 34 valence electrons. The summed E-state index contributed by atoms with van der Waals surface area (Å²) in [5.41, 5.74) is 0. The molecule has 0 fully saturated rings. The zero-order chi connectivity index (χ0) is 5.15. The van der Waals surface area contributed by atoms with Crippen molar-refractivity contribution in [2.24, 2.45) is 0 Å². The van der Waals surface area contributed by atoms with E-state index in [1.54, 1.807) is 0 Å². The third-order valence-corrected chi connectivity index (χ3v) is 0.319. The van der Waals surface area contributed by atoms with E-state index in [2.05, 4.69) is 12.6 Å². The van der Waals surface area contributed by atoms with E-state index in [1.807, 2.05) is 0 Å². The summed E-state index contributed by atoms with van der Waals surface area (Å²) in [7, 11) is 0. The van der Waals surface area contributed by atoms with Gasteiger partial charge >= 0.3 is 5.24 Å². The molecule has 0 radical (unpaired) electrons. The maximum Gasteiger partial charge on any atom is 0.503 e. The number of carbonyl (C=O) groups excluding carboxylic acids is 1. The lowest BCUT2D eigenvalue weighted by Crippen LogP contribution is -1.98. The van der Waals surface area contributed by atoms with Gasteiger partial charge < -0.3 is 0 Å². The molecule has 0 saturated heterocycles. The first kappa shape index (κ1) is 5.42. The summed E-state index contributed by atoms with van der Waals surface area (Å²) < 4.78 is 0. The zero-order valence-electron chi connectivity index (χ0n) is 2.62. The highest BCUT2D eigenvalue weighted by Gasteiger charge is 2.02. The second-order valence-corrected chi connectivity index (χ2v) is 0.922. The molecule has 0 aliphatic rings. The molecule has 6 heavy (non-hydrogen) atoms. The molecule has 0 bridgehead atoms. The SMILES string of the molecule is O=C(S)[N+](=O)[O-]. The van der Waals surface area contributed by atoms with Crippen molar-refractivity contribution in [3.63, 3.8) is 0 Å². The molecule has 0 atom stereocenters. The number of nitrogens with zero attached hydrogens (tertiary/aromatic N) is 1. The average Bonchev–Trinajstić information content (AvgIpc) is 1.36. The van der Waals surface area contributed by atoms with Crippen LogP contribution in [0.3, 0.4) is 0 Å². The van der Waals surface area contributed by atoms with Crippen LogP contribution in [0.1, 0.15) is 0 Å². The first-order valence-electron chi connectivity index (χ1n) is 1.02. The Labute approximate surface area is 38.7 Å². The van der Waals surface area contributed by atoms with Gasteiger partial charge in [0, 0.05) is 0 Å². The van der Waals surface area contributed by atoms with E-state index in [1.165, 1.54) is 0 Å². The largest absolute Gasteiger partial charge is 0.503 e. The molecule has 0 heterocycles. The Morgan fingerprint density at radius 3 is 2.00 bits per heavy atom. The Bertz CT molecular complexity index is 76.8. The van der Waals surface area contributed by atoms with Crippen molar-refractivity contribution in [3.05, 3.63) is 10.1 Å². The van der Waals surface area contributed by atoms with Gasteiger partial charge in [0.1, 0.15) is 4.92 Å². The van der Waals surface area contributed by atoms with Crippen molar-refractivity contribution in [3.8, 4) is 0 Å². The lowest BCUT2D eigenvalue weighted by molar-refractivity contribution is -0.360. The van der Waals surface area contributed by atoms with E-state index in [9.17, 15) is 4.79 Å². The predicted octanol–water partition coefficient (Wildman–Crippen LogP) is 0.313. The van der Waals surface area contributed by atoms with Gasteiger partial charge in [-0.1, -0.05) is 0 Å². The highest BCUT2D eigenvalue weighted by Crippen LogP contribution is 1.78. The molecular weight excluding hydrogens is 106 g/mol. The van der Waals surface area contributed by atoms with Gasteiger partial charge in [0.2, 0.25) is 0 Å². The van der Waals surface area contributed by atoms with Crippen LogP contribution in [0.5, 0.6) is 0 Å². The Morgan fingerprint density at radius 2 is 2.00 bits per heavy atom. The summed E-state index contributed by atoms with van der Waals surface area (Å²) in [6, 6.07) is 0. The van der Waals surface area contributed by atoms with Crippen LogP contribution >= 0.6 is 12.6 Å². The number of hydrogen-bond acceptors (Lipinski definition) is 3. The Kier molecular flexibility index (Phi) is 1.59. The van der Waals surface area contributed by atoms with E-state index < -0.39 is 10.2 Å². The van der Waals surface area contributed by atoms with E-state index >= 15 is 0 Å². The standard InChI is InChI=1S/CHNO3S/c3-1(6)2(4)5/h(H,3,6). The van der Waals surface area contributed by atoms with Crippen molar-refractivity contribution < 1.29 is 9.72 Å². The third-order valence-electron chi connectivity index (χ3n) is 0.156. The molecule has 0 aromatic rings. The first-order chi connectivity index (χ1) is 2.64. The van der Waals surface area contributed by atoms with Crippen LogP contribution in [-0.2, 0) is 0 Å². The van der Waals surface area contributed by atoms with E-state index in [0.29, 0.717) is 0 Å². The molecule has 0 N–H and O–H groups in total. The van der Waals surface area contributed by atoms with Crippen LogP contribution in [-0.4, -0.2) is 10.2 Å². The molecule has 0 unspecified atom stereocenters. The van der Waals surface area contributed by atoms with Crippen molar-refractivity contribution in [1.82, 2.24) is 0 Å². The summed E-state index contributed by atoms with van der Waals surface area (Å²) in [4.78, 5) is 17.3. The van der Waals surface area contributed by atoms with Crippen LogP contribution in [0, 0.1) is 10.1 Å². The van der Waals surface area contributed by atoms with Crippen molar-refractivity contribution in [1.29, 1.82) is 0 Å². The molecule has 0 rings (SSSR count). The summed E-state index contributed by atoms with van der Waals surface area (Å²) >= 11 is 2.85. The number of rotatable bonds is 0. The lowest BCUT2D eigenvalue weighted by atomic mass is 11.4. The summed E-state index contributed by atoms with van der Waals surface area (Å²) in [5, 5.41) is 7.75. The molecule has 1 amide bonds. The van der Waals surface area contributed by atoms with Gasteiger partial charge in [0.15, 0.2) is 0 Å². The maximum atomic E-state index is 9.31. The predicted molar refractivity (Wildman–Crippen MR) is 21.4 cm³/mol. The average molecular weight is 107 g/mol. The van der Waals surface area contributed by atoms with Crippen molar-refractivity contribution >= 4 is 17.9 Å². The topological polar surface area (TPSA) is 60.2 Å². The van der Waals surface area contributed by atoms with Gasteiger partial charge in [-0.25, -0.2) is 4.79 Å². The van der Waals surface area contributed by atoms with Crippen LogP contribution in [0.4, 0.5) is 4.79 Å². The molecule has 0 aromatic heterocycles. The van der Waals surface area contributed by atoms with Crippen LogP contribution in [0.15, 0.2) is 0 Å². The van der Waals surface area contributed by atoms with Gasteiger partial charge in [-0.15, -0.1) is 0 Å². The number of hydrogen-bond donors (Lipinski definition) is 1. The highest BCUT2D eigenvalue weighted by atomic mass is 32.1. The molecule has 4 nitrogen and oxygen atoms in total. The summed E-state index contributed by atoms with van der Waals surface area (Å²) in [5.74, 6) is 0. The number of carbonyl (C=O) groups is 1. The smallest absolute Gasteiger partial charge is 0.255 e. The van der Waals surface area contributed by atoms with Gasteiger partial charge in [0.25, 0.3) is 0 Å². The minimum atomic E-state index is -1.32. The van der Waals surface area contributed by atoms with Gasteiger partial charge in [-0.2, -0.15) is 0 Å². The molecule has 5 heteroatoms. The van der Waals surface area contributed by atoms with E-state index in [-0.39, 0.29) is 0 Å². The fourth-order valence-corrected chi connectivity index (χ4v) is 0. The Hall–Kier alpha value is -0.580. The van der Waals surface area contributed by atoms with Gasteiger partial charge in [-0.3, -0.25) is 10.1 Å². The fourth-order valence-electron chi connectivity index (χ4n) is 0. The minimum Gasteiger partial charge on any atom is -0.255 e. The monoisotopic (exact) mass is 107 g/mol. The van der Waals surface area contributed by atoms with Crippen molar-refractivity contribution in [2.45, 2.75) is 0 Å². The van der Waals surface area contributed by atoms with E-state index in [4.69, 9.17) is 10.1 Å². The summed E-state index contributed by atoms with van der Waals surface area (Å²) in [6.07, 6.45) is 0. The number of amides is 1. The lowest BCUT2D eigenvalue weighted by Gasteiger charge is -1.70. The zero-order valence-corrected chi connectivity index (χ0v) is 3.51. The molecule has 0 aliphatic heterocycles.